The maximum absolute atomic E-state index is 12.5. The van der Waals surface area contributed by atoms with E-state index in [1.165, 1.54) is 4.90 Å². The SMILES string of the molecule is CCC(C)C(NC(=O)C1CCCN1C(=O)C(N)CCC(=O)O)C(=O)O. The number of hydrogen-bond donors (Lipinski definition) is 4. The van der Waals surface area contributed by atoms with Gasteiger partial charge >= 0.3 is 11.9 Å². The molecule has 9 heteroatoms. The van der Waals surface area contributed by atoms with Gasteiger partial charge in [0.1, 0.15) is 12.1 Å². The Morgan fingerprint density at radius 3 is 2.44 bits per heavy atom. The Labute approximate surface area is 146 Å². The number of carbonyl (C=O) groups is 4. The molecule has 1 aliphatic heterocycles. The first-order chi connectivity index (χ1) is 11.7. The highest BCUT2D eigenvalue weighted by Crippen LogP contribution is 2.20. The molecule has 9 nitrogen and oxygen atoms in total. The van der Waals surface area contributed by atoms with Crippen LogP contribution in [0.2, 0.25) is 0 Å². The molecule has 0 saturated carbocycles. The summed E-state index contributed by atoms with van der Waals surface area (Å²) in [5, 5.41) is 20.5. The molecule has 25 heavy (non-hydrogen) atoms. The second-order valence-electron chi connectivity index (χ2n) is 6.44. The van der Waals surface area contributed by atoms with E-state index >= 15 is 0 Å². The molecule has 4 atom stereocenters. The third-order valence-corrected chi connectivity index (χ3v) is 4.60. The lowest BCUT2D eigenvalue weighted by molar-refractivity contribution is -0.145. The second kappa shape index (κ2) is 9.36. The summed E-state index contributed by atoms with van der Waals surface area (Å²) in [7, 11) is 0. The number of nitrogens with two attached hydrogens (primary N) is 1. The summed E-state index contributed by atoms with van der Waals surface area (Å²) < 4.78 is 0. The van der Waals surface area contributed by atoms with Crippen LogP contribution in [-0.4, -0.2) is 63.5 Å². The predicted octanol–water partition coefficient (Wildman–Crippen LogP) is -0.215. The number of carbonyl (C=O) groups excluding carboxylic acids is 2. The number of carboxylic acid groups (broad SMARTS) is 2. The lowest BCUT2D eigenvalue weighted by atomic mass is 9.98. The molecule has 0 aromatic heterocycles. The van der Waals surface area contributed by atoms with Gasteiger partial charge in [-0.05, 0) is 25.2 Å². The third kappa shape index (κ3) is 5.70. The second-order valence-corrected chi connectivity index (χ2v) is 6.44. The summed E-state index contributed by atoms with van der Waals surface area (Å²) in [6, 6.07) is -2.78. The van der Waals surface area contributed by atoms with Crippen LogP contribution in [0.4, 0.5) is 0 Å². The topological polar surface area (TPSA) is 150 Å². The molecule has 4 unspecified atom stereocenters. The first-order valence-electron chi connectivity index (χ1n) is 8.50. The molecule has 1 rings (SSSR count). The fraction of sp³-hybridized carbons (Fsp3) is 0.750. The Balaban J connectivity index is 2.75. The molecule has 0 aromatic carbocycles. The Hall–Kier alpha value is -2.16. The standard InChI is InChI=1S/C16H27N3O6/c1-3-9(2)13(16(24)25)18-14(22)11-5-4-8-19(11)15(23)10(17)6-7-12(20)21/h9-11,13H,3-8,17H2,1-2H3,(H,18,22)(H,20,21)(H,24,25). The fourth-order valence-electron chi connectivity index (χ4n) is 2.85. The number of carboxylic acids is 2. The van der Waals surface area contributed by atoms with Gasteiger partial charge in [-0.25, -0.2) is 4.79 Å². The van der Waals surface area contributed by atoms with Crippen LogP contribution in [-0.2, 0) is 19.2 Å². The third-order valence-electron chi connectivity index (χ3n) is 4.60. The van der Waals surface area contributed by atoms with Gasteiger partial charge in [-0.1, -0.05) is 20.3 Å². The summed E-state index contributed by atoms with van der Waals surface area (Å²) >= 11 is 0. The Bertz CT molecular complexity index is 524. The lowest BCUT2D eigenvalue weighted by Gasteiger charge is -2.28. The van der Waals surface area contributed by atoms with E-state index in [0.717, 1.165) is 0 Å². The molecule has 1 aliphatic rings. The summed E-state index contributed by atoms with van der Waals surface area (Å²) in [5.74, 6) is -3.39. The number of hydrogen-bond acceptors (Lipinski definition) is 5. The number of nitrogens with zero attached hydrogens (tertiary/aromatic N) is 1. The molecule has 0 aliphatic carbocycles. The molecule has 142 valence electrons. The van der Waals surface area contributed by atoms with Crippen molar-refractivity contribution in [3.05, 3.63) is 0 Å². The Morgan fingerprint density at radius 1 is 1.28 bits per heavy atom. The quantitative estimate of drug-likeness (QED) is 0.445. The van der Waals surface area contributed by atoms with E-state index in [1.807, 2.05) is 6.92 Å². The van der Waals surface area contributed by atoms with E-state index in [1.54, 1.807) is 6.92 Å². The molecule has 0 aromatic rings. The molecule has 0 radical (unpaired) electrons. The summed E-state index contributed by atoms with van der Waals surface area (Å²) in [6.07, 6.45) is 1.38. The number of rotatable bonds is 9. The van der Waals surface area contributed by atoms with Gasteiger partial charge in [0.05, 0.1) is 6.04 Å². The Morgan fingerprint density at radius 2 is 1.92 bits per heavy atom. The molecular weight excluding hydrogens is 330 g/mol. The monoisotopic (exact) mass is 357 g/mol. The summed E-state index contributed by atoms with van der Waals surface area (Å²) in [4.78, 5) is 48.2. The van der Waals surface area contributed by atoms with Crippen LogP contribution in [0.25, 0.3) is 0 Å². The van der Waals surface area contributed by atoms with E-state index < -0.39 is 41.9 Å². The van der Waals surface area contributed by atoms with Crippen molar-refractivity contribution in [1.82, 2.24) is 10.2 Å². The van der Waals surface area contributed by atoms with Crippen LogP contribution in [0, 0.1) is 5.92 Å². The van der Waals surface area contributed by atoms with Gasteiger partial charge in [-0.2, -0.15) is 0 Å². The van der Waals surface area contributed by atoms with E-state index in [4.69, 9.17) is 10.8 Å². The van der Waals surface area contributed by atoms with Crippen LogP contribution >= 0.6 is 0 Å². The normalized spacial score (nSPS) is 20.6. The minimum Gasteiger partial charge on any atom is -0.481 e. The Kier molecular flexibility index (Phi) is 7.82. The van der Waals surface area contributed by atoms with Crippen LogP contribution in [0.3, 0.4) is 0 Å². The van der Waals surface area contributed by atoms with Crippen molar-refractivity contribution in [2.24, 2.45) is 11.7 Å². The van der Waals surface area contributed by atoms with Crippen LogP contribution in [0.1, 0.15) is 46.0 Å². The predicted molar refractivity (Wildman–Crippen MR) is 88.6 cm³/mol. The van der Waals surface area contributed by atoms with Gasteiger partial charge in [0.15, 0.2) is 0 Å². The van der Waals surface area contributed by atoms with Crippen molar-refractivity contribution in [3.8, 4) is 0 Å². The van der Waals surface area contributed by atoms with Crippen LogP contribution < -0.4 is 11.1 Å². The van der Waals surface area contributed by atoms with Crippen molar-refractivity contribution in [2.75, 3.05) is 6.54 Å². The van der Waals surface area contributed by atoms with Crippen molar-refractivity contribution < 1.29 is 29.4 Å². The molecule has 1 saturated heterocycles. The molecule has 2 amide bonds. The molecule has 1 fully saturated rings. The molecule has 1 heterocycles. The highest BCUT2D eigenvalue weighted by molar-refractivity contribution is 5.92. The highest BCUT2D eigenvalue weighted by Gasteiger charge is 2.38. The van der Waals surface area contributed by atoms with E-state index in [2.05, 4.69) is 5.32 Å². The number of likely N-dealkylation sites (tertiary alicyclic amines) is 1. The van der Waals surface area contributed by atoms with E-state index in [0.29, 0.717) is 25.8 Å². The zero-order chi connectivity index (χ0) is 19.1. The maximum Gasteiger partial charge on any atom is 0.326 e. The first kappa shape index (κ1) is 20.9. The zero-order valence-electron chi connectivity index (χ0n) is 14.6. The molecule has 0 bridgehead atoms. The maximum atomic E-state index is 12.5. The van der Waals surface area contributed by atoms with Gasteiger partial charge in [0, 0.05) is 13.0 Å². The minimum absolute atomic E-state index is 0.0103. The average molecular weight is 357 g/mol. The van der Waals surface area contributed by atoms with Crippen molar-refractivity contribution in [2.45, 2.75) is 64.1 Å². The lowest BCUT2D eigenvalue weighted by Crippen LogP contribution is -2.55. The van der Waals surface area contributed by atoms with E-state index in [9.17, 15) is 24.3 Å². The molecule has 0 spiro atoms. The number of aliphatic carboxylic acids is 2. The van der Waals surface area contributed by atoms with Gasteiger partial charge in [-0.3, -0.25) is 14.4 Å². The summed E-state index contributed by atoms with van der Waals surface area (Å²) in [6.45, 7) is 3.91. The van der Waals surface area contributed by atoms with Crippen LogP contribution in [0.15, 0.2) is 0 Å². The first-order valence-corrected chi connectivity index (χ1v) is 8.50. The highest BCUT2D eigenvalue weighted by atomic mass is 16.4. The van der Waals surface area contributed by atoms with Gasteiger partial charge in [0.25, 0.3) is 0 Å². The molecular formula is C16H27N3O6. The fourth-order valence-corrected chi connectivity index (χ4v) is 2.85. The van der Waals surface area contributed by atoms with E-state index in [-0.39, 0.29) is 18.8 Å². The largest absolute Gasteiger partial charge is 0.481 e. The zero-order valence-corrected chi connectivity index (χ0v) is 14.6. The number of nitrogens with one attached hydrogen (secondary N) is 1. The average Bonchev–Trinajstić information content (AvgIpc) is 3.05. The minimum atomic E-state index is -1.11. The van der Waals surface area contributed by atoms with Gasteiger partial charge < -0.3 is 26.2 Å². The van der Waals surface area contributed by atoms with Crippen molar-refractivity contribution in [3.63, 3.8) is 0 Å². The molecule has 5 N–H and O–H groups in total. The summed E-state index contributed by atoms with van der Waals surface area (Å²) in [5.41, 5.74) is 5.75. The van der Waals surface area contributed by atoms with Crippen molar-refractivity contribution >= 4 is 23.8 Å². The van der Waals surface area contributed by atoms with Gasteiger partial charge in [0.2, 0.25) is 11.8 Å². The van der Waals surface area contributed by atoms with Gasteiger partial charge in [-0.15, -0.1) is 0 Å². The van der Waals surface area contributed by atoms with Crippen LogP contribution in [0.5, 0.6) is 0 Å². The van der Waals surface area contributed by atoms with Crippen molar-refractivity contribution in [1.29, 1.82) is 0 Å². The number of amides is 2. The smallest absolute Gasteiger partial charge is 0.326 e.